The molecule has 4 rings (SSSR count). The van der Waals surface area contributed by atoms with Crippen molar-refractivity contribution in [3.63, 3.8) is 0 Å². The van der Waals surface area contributed by atoms with Crippen molar-refractivity contribution in [2.45, 2.75) is 38.2 Å². The normalized spacial score (nSPS) is 15.8. The number of fused-ring (bicyclic) bond motifs is 1. The lowest BCUT2D eigenvalue weighted by atomic mass is 10.1. The van der Waals surface area contributed by atoms with Gasteiger partial charge in [-0.05, 0) is 37.0 Å². The van der Waals surface area contributed by atoms with Crippen LogP contribution in [0.15, 0.2) is 10.8 Å². The maximum atomic E-state index is 10.0. The van der Waals surface area contributed by atoms with Gasteiger partial charge >= 0.3 is 0 Å². The number of hydrogen-bond donors (Lipinski definition) is 3. The summed E-state index contributed by atoms with van der Waals surface area (Å²) in [6.07, 6.45) is 1.65. The molecule has 0 radical (unpaired) electrons. The zero-order chi connectivity index (χ0) is 22.0. The molecule has 1 aliphatic rings. The van der Waals surface area contributed by atoms with Crippen LogP contribution in [0.1, 0.15) is 26.5 Å². The zero-order valence-corrected chi connectivity index (χ0v) is 20.9. The number of pyridine rings is 1. The second kappa shape index (κ2) is 11.3. The van der Waals surface area contributed by atoms with Gasteiger partial charge < -0.3 is 25.5 Å². The number of halogens is 2. The minimum absolute atomic E-state index is 0. The quantitative estimate of drug-likeness (QED) is 0.433. The molecule has 0 spiro atoms. The van der Waals surface area contributed by atoms with Crippen LogP contribution in [-0.4, -0.2) is 66.3 Å². The highest BCUT2D eigenvalue weighted by Gasteiger charge is 2.24. The first-order valence-corrected chi connectivity index (χ1v) is 11.1. The Labute approximate surface area is 208 Å². The summed E-state index contributed by atoms with van der Waals surface area (Å²) in [5.74, 6) is 8.04. The van der Waals surface area contributed by atoms with Gasteiger partial charge in [0.15, 0.2) is 23.1 Å². The lowest BCUT2D eigenvalue weighted by molar-refractivity contribution is 0.143. The van der Waals surface area contributed by atoms with Crippen molar-refractivity contribution >= 4 is 53.4 Å². The smallest absolute Gasteiger partial charge is 0.199 e. The Bertz CT molecular complexity index is 1140. The van der Waals surface area contributed by atoms with Gasteiger partial charge in [-0.2, -0.15) is 11.8 Å². The van der Waals surface area contributed by atoms with Crippen LogP contribution >= 0.6 is 36.6 Å². The number of aromatic nitrogens is 5. The van der Waals surface area contributed by atoms with Gasteiger partial charge in [-0.15, -0.1) is 24.8 Å². The summed E-state index contributed by atoms with van der Waals surface area (Å²) in [6.45, 7) is 8.25. The van der Waals surface area contributed by atoms with Gasteiger partial charge in [0, 0.05) is 25.4 Å². The lowest BCUT2D eigenvalue weighted by Gasteiger charge is -2.22. The Kier molecular flexibility index (Phi) is 9.22. The van der Waals surface area contributed by atoms with Crippen LogP contribution in [0.5, 0.6) is 5.75 Å². The number of thioether (sulfide) groups is 1. The Hall–Kier alpha value is -2.23. The Morgan fingerprint density at radius 3 is 2.79 bits per heavy atom. The van der Waals surface area contributed by atoms with E-state index in [1.54, 1.807) is 20.0 Å². The average Bonchev–Trinajstić information content (AvgIpc) is 3.34. The number of rotatable bonds is 5. The molecule has 0 amide bonds. The van der Waals surface area contributed by atoms with Gasteiger partial charge in [-0.25, -0.2) is 14.6 Å². The second-order valence-electron chi connectivity index (χ2n) is 7.66. The Morgan fingerprint density at radius 2 is 2.18 bits per heavy atom. The molecule has 1 unspecified atom stereocenters. The van der Waals surface area contributed by atoms with Crippen molar-refractivity contribution in [2.75, 3.05) is 31.2 Å². The van der Waals surface area contributed by atoms with Crippen LogP contribution in [0, 0.1) is 11.8 Å². The third kappa shape index (κ3) is 6.02. The predicted molar refractivity (Wildman–Crippen MR) is 133 cm³/mol. The van der Waals surface area contributed by atoms with Crippen molar-refractivity contribution in [3.8, 4) is 29.1 Å². The number of nitrogens with one attached hydrogen (secondary N) is 1. The monoisotopic (exact) mass is 515 g/mol. The molecule has 4 N–H and O–H groups in total. The van der Waals surface area contributed by atoms with E-state index in [2.05, 4.69) is 32.5 Å². The van der Waals surface area contributed by atoms with Gasteiger partial charge in [-0.1, -0.05) is 5.92 Å². The first-order chi connectivity index (χ1) is 14.9. The molecule has 0 bridgehead atoms. The van der Waals surface area contributed by atoms with Crippen molar-refractivity contribution in [1.82, 2.24) is 30.2 Å². The molecule has 180 valence electrons. The van der Waals surface area contributed by atoms with E-state index in [4.69, 9.17) is 20.1 Å². The topological polar surface area (TPSA) is 137 Å². The summed E-state index contributed by atoms with van der Waals surface area (Å²) >= 11 is 1.89. The predicted octanol–water partition coefficient (Wildman–Crippen LogP) is 2.13. The van der Waals surface area contributed by atoms with E-state index in [0.717, 1.165) is 24.4 Å². The highest BCUT2D eigenvalue weighted by atomic mass is 35.5. The largest absolute Gasteiger partial charge is 0.488 e. The maximum absolute atomic E-state index is 10.0. The van der Waals surface area contributed by atoms with Gasteiger partial charge in [0.2, 0.25) is 0 Å². The molecule has 4 heterocycles. The van der Waals surface area contributed by atoms with E-state index in [9.17, 15) is 5.11 Å². The third-order valence-electron chi connectivity index (χ3n) is 4.69. The molecule has 0 saturated carbocycles. The van der Waals surface area contributed by atoms with Crippen molar-refractivity contribution in [3.05, 3.63) is 11.9 Å². The molecule has 10 nitrogen and oxygen atoms in total. The van der Waals surface area contributed by atoms with E-state index in [1.807, 2.05) is 23.3 Å². The molecule has 1 aliphatic heterocycles. The summed E-state index contributed by atoms with van der Waals surface area (Å²) < 4.78 is 12.9. The molecule has 0 aromatic carbocycles. The zero-order valence-electron chi connectivity index (χ0n) is 18.5. The summed E-state index contributed by atoms with van der Waals surface area (Å²) in [4.78, 5) is 9.19. The standard InChI is InChI=1S/C20H25N7O3S.2ClH/c1-4-27-17-14(29-11-12-9-22-7-8-31-12)10-23-13(5-6-20(2,3)28)15(17)24-19(27)16-18(21)26-30-25-16;;/h10,12,22,28H,4,7-9,11H2,1-3H3,(H2,21,26);2*1H. The van der Waals surface area contributed by atoms with E-state index in [1.165, 1.54) is 0 Å². The Morgan fingerprint density at radius 1 is 1.39 bits per heavy atom. The third-order valence-corrected chi connectivity index (χ3v) is 5.91. The highest BCUT2D eigenvalue weighted by Crippen LogP contribution is 2.33. The minimum atomic E-state index is -1.16. The maximum Gasteiger partial charge on any atom is 0.199 e. The van der Waals surface area contributed by atoms with E-state index in [-0.39, 0.29) is 30.6 Å². The number of hydrogen-bond acceptors (Lipinski definition) is 10. The molecular weight excluding hydrogens is 489 g/mol. The van der Waals surface area contributed by atoms with Crippen molar-refractivity contribution in [2.24, 2.45) is 0 Å². The number of aliphatic hydroxyl groups is 1. The molecular formula is C20H27Cl2N7O3S. The van der Waals surface area contributed by atoms with Crippen LogP contribution in [0.3, 0.4) is 0 Å². The summed E-state index contributed by atoms with van der Waals surface area (Å²) in [5, 5.41) is 21.3. The number of nitrogens with zero attached hydrogens (tertiary/aromatic N) is 5. The molecule has 3 aromatic heterocycles. The van der Waals surface area contributed by atoms with Gasteiger partial charge in [0.1, 0.15) is 28.9 Å². The fourth-order valence-corrected chi connectivity index (χ4v) is 4.27. The van der Waals surface area contributed by atoms with Gasteiger partial charge in [-0.3, -0.25) is 0 Å². The highest BCUT2D eigenvalue weighted by molar-refractivity contribution is 8.00. The number of anilines is 1. The molecule has 3 aromatic rings. The summed E-state index contributed by atoms with van der Waals surface area (Å²) in [5.41, 5.74) is 6.83. The first kappa shape index (κ1) is 27.0. The lowest BCUT2D eigenvalue weighted by Crippen LogP contribution is -2.36. The first-order valence-electron chi connectivity index (χ1n) is 10.1. The van der Waals surface area contributed by atoms with Gasteiger partial charge in [0.05, 0.1) is 11.4 Å². The van der Waals surface area contributed by atoms with E-state index >= 15 is 0 Å². The molecule has 1 saturated heterocycles. The van der Waals surface area contributed by atoms with Gasteiger partial charge in [0.25, 0.3) is 0 Å². The number of nitrogens with two attached hydrogens (primary N) is 1. The number of aryl methyl sites for hydroxylation is 1. The van der Waals surface area contributed by atoms with Crippen LogP contribution in [-0.2, 0) is 6.54 Å². The Balaban J connectivity index is 0.00000193. The van der Waals surface area contributed by atoms with Crippen LogP contribution in [0.2, 0.25) is 0 Å². The van der Waals surface area contributed by atoms with E-state index in [0.29, 0.717) is 46.9 Å². The second-order valence-corrected chi connectivity index (χ2v) is 9.07. The van der Waals surface area contributed by atoms with Crippen molar-refractivity contribution in [1.29, 1.82) is 0 Å². The molecule has 33 heavy (non-hydrogen) atoms. The fourth-order valence-electron chi connectivity index (χ4n) is 3.27. The van der Waals surface area contributed by atoms with Crippen molar-refractivity contribution < 1.29 is 14.5 Å². The number of ether oxygens (including phenoxy) is 1. The molecule has 0 aliphatic carbocycles. The minimum Gasteiger partial charge on any atom is -0.488 e. The van der Waals surface area contributed by atoms with Crippen LogP contribution in [0.25, 0.3) is 22.6 Å². The molecule has 1 atom stereocenters. The van der Waals surface area contributed by atoms with Crippen LogP contribution in [0.4, 0.5) is 5.82 Å². The SMILES string of the molecule is CCn1c(-c2nonc2N)nc2c(C#CC(C)(C)O)ncc(OCC3CNCCS3)c21.Cl.Cl. The number of nitrogen functional groups attached to an aromatic ring is 1. The number of imidazole rings is 1. The fraction of sp³-hybridized carbons (Fsp3) is 0.500. The average molecular weight is 516 g/mol. The van der Waals surface area contributed by atoms with Crippen LogP contribution < -0.4 is 15.8 Å². The summed E-state index contributed by atoms with van der Waals surface area (Å²) in [6, 6.07) is 0. The molecule has 1 fully saturated rings. The van der Waals surface area contributed by atoms with E-state index < -0.39 is 5.60 Å². The molecule has 13 heteroatoms. The summed E-state index contributed by atoms with van der Waals surface area (Å²) in [7, 11) is 0.